The van der Waals surface area contributed by atoms with Gasteiger partial charge in [0.25, 0.3) is 0 Å². The molecular formula is C13H13Br2NOS. The normalized spacial score (nSPS) is 12.4. The van der Waals surface area contributed by atoms with E-state index < -0.39 is 0 Å². The van der Waals surface area contributed by atoms with Crippen molar-refractivity contribution in [1.29, 1.82) is 0 Å². The van der Waals surface area contributed by atoms with E-state index in [2.05, 4.69) is 31.9 Å². The Bertz CT molecular complexity index is 542. The number of ether oxygens (including phenoxy) is 1. The lowest BCUT2D eigenvalue weighted by Crippen LogP contribution is -2.12. The predicted octanol–water partition coefficient (Wildman–Crippen LogP) is 4.72. The van der Waals surface area contributed by atoms with Crippen molar-refractivity contribution >= 4 is 43.2 Å². The molecule has 1 atom stereocenters. The molecule has 0 amide bonds. The molecule has 5 heteroatoms. The van der Waals surface area contributed by atoms with E-state index in [0.29, 0.717) is 6.61 Å². The molecule has 0 radical (unpaired) electrons. The molecule has 1 aromatic carbocycles. The maximum atomic E-state index is 6.34. The van der Waals surface area contributed by atoms with E-state index in [1.165, 1.54) is 0 Å². The zero-order valence-corrected chi connectivity index (χ0v) is 13.8. The second kappa shape index (κ2) is 6.19. The highest BCUT2D eigenvalue weighted by Crippen LogP contribution is 2.36. The molecule has 0 bridgehead atoms. The van der Waals surface area contributed by atoms with E-state index in [1.807, 2.05) is 36.6 Å². The van der Waals surface area contributed by atoms with Crippen LogP contribution in [0.5, 0.6) is 5.75 Å². The molecule has 1 heterocycles. The zero-order valence-electron chi connectivity index (χ0n) is 9.82. The van der Waals surface area contributed by atoms with Crippen molar-refractivity contribution < 1.29 is 4.74 Å². The third kappa shape index (κ3) is 2.96. The van der Waals surface area contributed by atoms with Gasteiger partial charge >= 0.3 is 0 Å². The molecule has 2 rings (SSSR count). The second-order valence-corrected chi connectivity index (χ2v) is 6.44. The van der Waals surface area contributed by atoms with E-state index in [0.717, 1.165) is 25.1 Å². The molecule has 2 nitrogen and oxygen atoms in total. The van der Waals surface area contributed by atoms with Gasteiger partial charge in [-0.3, -0.25) is 0 Å². The van der Waals surface area contributed by atoms with Crippen LogP contribution < -0.4 is 10.5 Å². The number of nitrogens with two attached hydrogens (primary N) is 1. The fraction of sp³-hybridized carbons (Fsp3) is 0.231. The van der Waals surface area contributed by atoms with Crippen molar-refractivity contribution in [3.05, 3.63) is 49.0 Å². The number of benzene rings is 1. The van der Waals surface area contributed by atoms with Gasteiger partial charge in [-0.15, -0.1) is 11.3 Å². The van der Waals surface area contributed by atoms with Gasteiger partial charge in [0.2, 0.25) is 0 Å². The number of halogens is 2. The quantitative estimate of drug-likeness (QED) is 0.819. The van der Waals surface area contributed by atoms with Crippen molar-refractivity contribution in [2.45, 2.75) is 13.0 Å². The standard InChI is InChI=1S/C13H13Br2NOS/c1-2-17-11-4-3-8(14)7-9(11)12(16)13-10(15)5-6-18-13/h3-7,12H,2,16H2,1H3. The summed E-state index contributed by atoms with van der Waals surface area (Å²) in [7, 11) is 0. The Hall–Kier alpha value is -0.360. The Morgan fingerprint density at radius 1 is 1.33 bits per heavy atom. The molecular weight excluding hydrogens is 378 g/mol. The molecule has 18 heavy (non-hydrogen) atoms. The van der Waals surface area contributed by atoms with Crippen LogP contribution in [0.25, 0.3) is 0 Å². The van der Waals surface area contributed by atoms with Crippen LogP contribution in [0.4, 0.5) is 0 Å². The summed E-state index contributed by atoms with van der Waals surface area (Å²) in [6, 6.07) is 7.76. The average molecular weight is 391 g/mol. The molecule has 0 aliphatic rings. The number of hydrogen-bond donors (Lipinski definition) is 1. The summed E-state index contributed by atoms with van der Waals surface area (Å²) in [5.41, 5.74) is 7.34. The Morgan fingerprint density at radius 2 is 2.11 bits per heavy atom. The lowest BCUT2D eigenvalue weighted by molar-refractivity contribution is 0.335. The average Bonchev–Trinajstić information content (AvgIpc) is 2.77. The number of rotatable bonds is 4. The lowest BCUT2D eigenvalue weighted by Gasteiger charge is -2.16. The molecule has 1 aromatic heterocycles. The topological polar surface area (TPSA) is 35.2 Å². The SMILES string of the molecule is CCOc1ccc(Br)cc1C(N)c1sccc1Br. The van der Waals surface area contributed by atoms with Gasteiger partial charge in [0.1, 0.15) is 5.75 Å². The first-order valence-corrected chi connectivity index (χ1v) is 8.00. The summed E-state index contributed by atoms with van der Waals surface area (Å²) >= 11 is 8.64. The van der Waals surface area contributed by atoms with Crippen molar-refractivity contribution in [3.8, 4) is 5.75 Å². The lowest BCUT2D eigenvalue weighted by atomic mass is 10.1. The van der Waals surface area contributed by atoms with E-state index in [1.54, 1.807) is 11.3 Å². The maximum absolute atomic E-state index is 6.34. The van der Waals surface area contributed by atoms with Crippen LogP contribution in [0.15, 0.2) is 38.6 Å². The molecule has 0 aliphatic heterocycles. The van der Waals surface area contributed by atoms with Crippen LogP contribution in [0.3, 0.4) is 0 Å². The van der Waals surface area contributed by atoms with Gasteiger partial charge in [-0.25, -0.2) is 0 Å². The van der Waals surface area contributed by atoms with Gasteiger partial charge in [-0.2, -0.15) is 0 Å². The minimum Gasteiger partial charge on any atom is -0.494 e. The minimum atomic E-state index is -0.182. The highest BCUT2D eigenvalue weighted by Gasteiger charge is 2.18. The van der Waals surface area contributed by atoms with Crippen LogP contribution >= 0.6 is 43.2 Å². The van der Waals surface area contributed by atoms with Crippen LogP contribution in [-0.2, 0) is 0 Å². The first-order valence-electron chi connectivity index (χ1n) is 5.54. The largest absolute Gasteiger partial charge is 0.494 e. The summed E-state index contributed by atoms with van der Waals surface area (Å²) in [6.07, 6.45) is 0. The Labute approximate surface area is 127 Å². The summed E-state index contributed by atoms with van der Waals surface area (Å²) in [5.74, 6) is 0.841. The van der Waals surface area contributed by atoms with Gasteiger partial charge in [0.15, 0.2) is 0 Å². The van der Waals surface area contributed by atoms with E-state index in [4.69, 9.17) is 10.5 Å². The van der Waals surface area contributed by atoms with Crippen molar-refractivity contribution in [1.82, 2.24) is 0 Å². The number of thiophene rings is 1. The molecule has 0 aliphatic carbocycles. The molecule has 0 saturated carbocycles. The van der Waals surface area contributed by atoms with E-state index in [9.17, 15) is 0 Å². The van der Waals surface area contributed by atoms with Crippen LogP contribution in [-0.4, -0.2) is 6.61 Å². The molecule has 2 N–H and O–H groups in total. The van der Waals surface area contributed by atoms with Gasteiger partial charge in [-0.1, -0.05) is 15.9 Å². The monoisotopic (exact) mass is 389 g/mol. The molecule has 2 aromatic rings. The highest BCUT2D eigenvalue weighted by atomic mass is 79.9. The summed E-state index contributed by atoms with van der Waals surface area (Å²) in [4.78, 5) is 1.11. The fourth-order valence-corrected chi connectivity index (χ4v) is 3.74. The smallest absolute Gasteiger partial charge is 0.124 e. The van der Waals surface area contributed by atoms with Crippen molar-refractivity contribution in [3.63, 3.8) is 0 Å². The molecule has 1 unspecified atom stereocenters. The third-order valence-corrected chi connectivity index (χ3v) is 4.98. The molecule has 0 fully saturated rings. The van der Waals surface area contributed by atoms with Gasteiger partial charge < -0.3 is 10.5 Å². The Balaban J connectivity index is 2.43. The minimum absolute atomic E-state index is 0.182. The van der Waals surface area contributed by atoms with Crippen LogP contribution in [0.2, 0.25) is 0 Å². The third-order valence-electron chi connectivity index (χ3n) is 2.53. The summed E-state index contributed by atoms with van der Waals surface area (Å²) < 4.78 is 7.69. The van der Waals surface area contributed by atoms with Crippen molar-refractivity contribution in [2.24, 2.45) is 5.73 Å². The van der Waals surface area contributed by atoms with Crippen molar-refractivity contribution in [2.75, 3.05) is 6.61 Å². The van der Waals surface area contributed by atoms with Gasteiger partial charge in [0.05, 0.1) is 12.6 Å². The highest BCUT2D eigenvalue weighted by molar-refractivity contribution is 9.10. The summed E-state index contributed by atoms with van der Waals surface area (Å²) in [5, 5.41) is 2.03. The summed E-state index contributed by atoms with van der Waals surface area (Å²) in [6.45, 7) is 2.60. The van der Waals surface area contributed by atoms with Gasteiger partial charge in [0, 0.05) is 19.4 Å². The van der Waals surface area contributed by atoms with Gasteiger partial charge in [-0.05, 0) is 52.5 Å². The first kappa shape index (κ1) is 14.1. The first-order chi connectivity index (χ1) is 8.63. The van der Waals surface area contributed by atoms with E-state index in [-0.39, 0.29) is 6.04 Å². The van der Waals surface area contributed by atoms with Crippen LogP contribution in [0.1, 0.15) is 23.4 Å². The molecule has 0 spiro atoms. The Kier molecular flexibility index (Phi) is 4.84. The van der Waals surface area contributed by atoms with Crippen LogP contribution in [0, 0.1) is 0 Å². The maximum Gasteiger partial charge on any atom is 0.124 e. The molecule has 96 valence electrons. The second-order valence-electron chi connectivity index (χ2n) is 3.73. The molecule has 0 saturated heterocycles. The number of hydrogen-bond acceptors (Lipinski definition) is 3. The predicted molar refractivity (Wildman–Crippen MR) is 83.4 cm³/mol. The van der Waals surface area contributed by atoms with E-state index >= 15 is 0 Å². The zero-order chi connectivity index (χ0) is 13.1. The fourth-order valence-electron chi connectivity index (χ4n) is 1.72. The Morgan fingerprint density at radius 3 is 2.72 bits per heavy atom.